The van der Waals surface area contributed by atoms with E-state index in [4.69, 9.17) is 0 Å². The second-order valence-corrected chi connectivity index (χ2v) is 10.1. The first-order valence-electron chi connectivity index (χ1n) is 10.0. The molecule has 0 spiro atoms. The minimum Gasteiger partial charge on any atom is -0.341 e. The van der Waals surface area contributed by atoms with E-state index in [0.29, 0.717) is 5.92 Å². The highest BCUT2D eigenvalue weighted by Gasteiger charge is 2.30. The number of imidazole rings is 1. The molecule has 2 heterocycles. The van der Waals surface area contributed by atoms with E-state index in [1.807, 2.05) is 13.2 Å². The molecule has 1 amide bonds. The molecule has 8 heteroatoms. The standard InChI is InChI=1S/C19H32N4O3S/c1-15-8-4-5-9-17(15)21(2)19(24)14-23(27(3,25)26)13-16-12-22-11-7-6-10-18(22)20-16/h12,15,17H,4-11,13-14H2,1-3H3/t15-,17+/m1/s1. The molecule has 2 aliphatic rings. The van der Waals surface area contributed by atoms with Crippen LogP contribution in [-0.2, 0) is 34.3 Å². The molecule has 2 atom stereocenters. The predicted octanol–water partition coefficient (Wildman–Crippen LogP) is 2.02. The van der Waals surface area contributed by atoms with Crippen molar-refractivity contribution < 1.29 is 13.2 Å². The van der Waals surface area contributed by atoms with Gasteiger partial charge in [-0.1, -0.05) is 19.8 Å². The molecule has 7 nitrogen and oxygen atoms in total. The monoisotopic (exact) mass is 396 g/mol. The molecular formula is C19H32N4O3S. The molecule has 1 aromatic heterocycles. The lowest BCUT2D eigenvalue weighted by molar-refractivity contribution is -0.133. The van der Waals surface area contributed by atoms with E-state index in [1.165, 1.54) is 17.0 Å². The second-order valence-electron chi connectivity index (χ2n) is 8.16. The first-order chi connectivity index (χ1) is 12.8. The fourth-order valence-corrected chi connectivity index (χ4v) is 5.05. The molecule has 1 aliphatic carbocycles. The van der Waals surface area contributed by atoms with Crippen LogP contribution in [0.25, 0.3) is 0 Å². The largest absolute Gasteiger partial charge is 0.341 e. The third-order valence-electron chi connectivity index (χ3n) is 6.03. The molecule has 3 rings (SSSR count). The first-order valence-corrected chi connectivity index (χ1v) is 11.9. The minimum atomic E-state index is -3.50. The number of likely N-dealkylation sites (N-methyl/N-ethyl adjacent to an activating group) is 1. The van der Waals surface area contributed by atoms with Gasteiger partial charge in [-0.25, -0.2) is 13.4 Å². The SMILES string of the molecule is C[C@@H]1CCCC[C@@H]1N(C)C(=O)CN(Cc1cn2c(n1)CCCC2)S(C)(=O)=O. The molecule has 0 aromatic carbocycles. The zero-order valence-corrected chi connectivity index (χ0v) is 17.5. The lowest BCUT2D eigenvalue weighted by Crippen LogP contribution is -2.47. The van der Waals surface area contributed by atoms with Gasteiger partial charge in [0.05, 0.1) is 25.0 Å². The molecule has 1 fully saturated rings. The Balaban J connectivity index is 1.69. The fourth-order valence-electron chi connectivity index (χ4n) is 4.34. The fraction of sp³-hybridized carbons (Fsp3) is 0.789. The van der Waals surface area contributed by atoms with Crippen LogP contribution in [0.4, 0.5) is 0 Å². The van der Waals surface area contributed by atoms with E-state index in [-0.39, 0.29) is 25.0 Å². The number of carbonyl (C=O) groups is 1. The van der Waals surface area contributed by atoms with E-state index < -0.39 is 10.0 Å². The molecule has 0 radical (unpaired) electrons. The van der Waals surface area contributed by atoms with Gasteiger partial charge < -0.3 is 9.47 Å². The highest BCUT2D eigenvalue weighted by atomic mass is 32.2. The average Bonchev–Trinajstić information content (AvgIpc) is 3.02. The normalized spacial score (nSPS) is 23.3. The summed E-state index contributed by atoms with van der Waals surface area (Å²) in [5, 5.41) is 0. The summed E-state index contributed by atoms with van der Waals surface area (Å²) >= 11 is 0. The maximum absolute atomic E-state index is 12.8. The van der Waals surface area contributed by atoms with Gasteiger partial charge in [0.2, 0.25) is 15.9 Å². The van der Waals surface area contributed by atoms with Crippen LogP contribution in [0.2, 0.25) is 0 Å². The molecule has 0 unspecified atom stereocenters. The van der Waals surface area contributed by atoms with Crippen LogP contribution in [-0.4, -0.2) is 59.0 Å². The maximum Gasteiger partial charge on any atom is 0.237 e. The number of amides is 1. The Kier molecular flexibility index (Phi) is 6.25. The molecule has 152 valence electrons. The van der Waals surface area contributed by atoms with Crippen molar-refractivity contribution >= 4 is 15.9 Å². The molecule has 1 aliphatic heterocycles. The lowest BCUT2D eigenvalue weighted by Gasteiger charge is -2.37. The van der Waals surface area contributed by atoms with Crippen LogP contribution in [0.1, 0.15) is 57.0 Å². The topological polar surface area (TPSA) is 75.5 Å². The van der Waals surface area contributed by atoms with Gasteiger partial charge in [0.25, 0.3) is 0 Å². The van der Waals surface area contributed by atoms with Gasteiger partial charge >= 0.3 is 0 Å². The van der Waals surface area contributed by atoms with Crippen LogP contribution in [0, 0.1) is 5.92 Å². The average molecular weight is 397 g/mol. The summed E-state index contributed by atoms with van der Waals surface area (Å²) in [6.45, 7) is 3.14. The summed E-state index contributed by atoms with van der Waals surface area (Å²) in [4.78, 5) is 19.2. The van der Waals surface area contributed by atoms with Crippen molar-refractivity contribution in [1.29, 1.82) is 0 Å². The number of aryl methyl sites for hydroxylation is 2. The first kappa shape index (κ1) is 20.3. The van der Waals surface area contributed by atoms with Crippen LogP contribution in [0.5, 0.6) is 0 Å². The number of nitrogens with zero attached hydrogens (tertiary/aromatic N) is 4. The molecule has 0 bridgehead atoms. The van der Waals surface area contributed by atoms with Crippen molar-refractivity contribution in [1.82, 2.24) is 18.8 Å². The number of sulfonamides is 1. The van der Waals surface area contributed by atoms with Gasteiger partial charge in [0.1, 0.15) is 5.82 Å². The van der Waals surface area contributed by atoms with Crippen molar-refractivity contribution in [3.8, 4) is 0 Å². The molecule has 1 aromatic rings. The van der Waals surface area contributed by atoms with Crippen LogP contribution in [0.15, 0.2) is 6.20 Å². The summed E-state index contributed by atoms with van der Waals surface area (Å²) in [5.41, 5.74) is 0.721. The third kappa shape index (κ3) is 4.90. The van der Waals surface area contributed by atoms with Crippen molar-refractivity contribution in [3.05, 3.63) is 17.7 Å². The molecular weight excluding hydrogens is 364 g/mol. The number of hydrogen-bond acceptors (Lipinski definition) is 4. The molecule has 27 heavy (non-hydrogen) atoms. The highest BCUT2D eigenvalue weighted by molar-refractivity contribution is 7.88. The van der Waals surface area contributed by atoms with E-state index >= 15 is 0 Å². The van der Waals surface area contributed by atoms with Gasteiger partial charge in [-0.15, -0.1) is 0 Å². The Morgan fingerprint density at radius 3 is 2.67 bits per heavy atom. The van der Waals surface area contributed by atoms with Gasteiger partial charge in [-0.2, -0.15) is 4.31 Å². The Labute approximate surface area is 162 Å². The van der Waals surface area contributed by atoms with Crippen LogP contribution < -0.4 is 0 Å². The Bertz CT molecular complexity index is 750. The van der Waals surface area contributed by atoms with Crippen molar-refractivity contribution in [2.75, 3.05) is 19.8 Å². The van der Waals surface area contributed by atoms with Gasteiger partial charge in [-0.05, 0) is 31.6 Å². The molecule has 0 saturated heterocycles. The zero-order valence-electron chi connectivity index (χ0n) is 16.7. The van der Waals surface area contributed by atoms with E-state index in [9.17, 15) is 13.2 Å². The number of rotatable bonds is 6. The molecule has 0 N–H and O–H groups in total. The van der Waals surface area contributed by atoms with Crippen LogP contribution >= 0.6 is 0 Å². The Morgan fingerprint density at radius 1 is 1.26 bits per heavy atom. The summed E-state index contributed by atoms with van der Waals surface area (Å²) in [7, 11) is -1.69. The summed E-state index contributed by atoms with van der Waals surface area (Å²) in [6, 6.07) is 0.201. The second kappa shape index (κ2) is 8.31. The van der Waals surface area contributed by atoms with Gasteiger partial charge in [-0.3, -0.25) is 4.79 Å². The number of carbonyl (C=O) groups excluding carboxylic acids is 1. The van der Waals surface area contributed by atoms with Crippen molar-refractivity contribution in [3.63, 3.8) is 0 Å². The number of fused-ring (bicyclic) bond motifs is 1. The summed E-state index contributed by atoms with van der Waals surface area (Å²) in [5.74, 6) is 1.34. The van der Waals surface area contributed by atoms with E-state index in [2.05, 4.69) is 16.5 Å². The minimum absolute atomic E-state index is 0.124. The van der Waals surface area contributed by atoms with Gasteiger partial charge in [0.15, 0.2) is 0 Å². The van der Waals surface area contributed by atoms with Crippen molar-refractivity contribution in [2.45, 2.75) is 71.0 Å². The zero-order chi connectivity index (χ0) is 19.6. The van der Waals surface area contributed by atoms with Gasteiger partial charge in [0, 0.05) is 32.3 Å². The smallest absolute Gasteiger partial charge is 0.237 e. The van der Waals surface area contributed by atoms with Crippen molar-refractivity contribution in [2.24, 2.45) is 5.92 Å². The number of aromatic nitrogens is 2. The highest BCUT2D eigenvalue weighted by Crippen LogP contribution is 2.27. The summed E-state index contributed by atoms with van der Waals surface area (Å²) in [6.07, 6.45) is 10.7. The number of hydrogen-bond donors (Lipinski definition) is 0. The molecule has 1 saturated carbocycles. The lowest BCUT2D eigenvalue weighted by atomic mass is 9.85. The predicted molar refractivity (Wildman–Crippen MR) is 105 cm³/mol. The Hall–Kier alpha value is -1.41. The third-order valence-corrected chi connectivity index (χ3v) is 7.23. The maximum atomic E-state index is 12.8. The quantitative estimate of drug-likeness (QED) is 0.737. The van der Waals surface area contributed by atoms with Crippen LogP contribution in [0.3, 0.4) is 0 Å². The summed E-state index contributed by atoms with van der Waals surface area (Å²) < 4.78 is 28.0. The van der Waals surface area contributed by atoms with E-state index in [0.717, 1.165) is 56.6 Å². The van der Waals surface area contributed by atoms with E-state index in [1.54, 1.807) is 4.90 Å². The Morgan fingerprint density at radius 2 is 2.00 bits per heavy atom.